The molecule has 3 heterocycles. The predicted octanol–water partition coefficient (Wildman–Crippen LogP) is 16.0. The van der Waals surface area contributed by atoms with Gasteiger partial charge in [0.2, 0.25) is 0 Å². The molecule has 294 valence electrons. The van der Waals surface area contributed by atoms with Crippen LogP contribution in [0, 0.1) is 0 Å². The fourth-order valence-electron chi connectivity index (χ4n) is 8.68. The quantitative estimate of drug-likeness (QED) is 0.159. The fourth-order valence-corrected chi connectivity index (χ4v) is 8.68. The summed E-state index contributed by atoms with van der Waals surface area (Å²) in [6.07, 6.45) is 0. The van der Waals surface area contributed by atoms with Crippen molar-refractivity contribution < 1.29 is 30.2 Å². The number of nitrogens with zero attached hydrogens (tertiary/aromatic N) is 3. The Hall–Kier alpha value is -8.40. The third-order valence-electron chi connectivity index (χ3n) is 11.4. The molecule has 0 unspecified atom stereocenters. The Morgan fingerprint density at radius 3 is 1.37 bits per heavy atom. The SMILES string of the molecule is [2H]c1c([2H])c([2H])c2c(c1[2H])c1c(-n3c4c([2H])c([2H])c([2H])c([2H])c4c4c([2H])c([2H])c(-n5c6c([2H])c([2H])c([2H])c([2H])c6c6c([2H])c([2H])c([2H])c([2H])c65)c([2H])c43)c([2H])c([2H])c([2H])c1n2-c1cc(-c2ccccc2)cc(-c2cccc(-c3ccccc3)c2)c1. The zero-order chi connectivity index (χ0) is 60.6. The van der Waals surface area contributed by atoms with Gasteiger partial charge in [0.05, 0.1) is 68.9 Å². The number of fused-ring (bicyclic) bond motifs is 9. The Labute approximate surface area is 395 Å². The van der Waals surface area contributed by atoms with Crippen LogP contribution in [0.5, 0.6) is 0 Å². The van der Waals surface area contributed by atoms with E-state index in [1.165, 1.54) is 4.57 Å². The van der Waals surface area contributed by atoms with Crippen molar-refractivity contribution in [2.75, 3.05) is 0 Å². The van der Waals surface area contributed by atoms with Crippen LogP contribution >= 0.6 is 0 Å². The van der Waals surface area contributed by atoms with Crippen molar-refractivity contribution in [3.8, 4) is 50.4 Å². The molecule has 0 N–H and O–H groups in total. The third-order valence-corrected chi connectivity index (χ3v) is 11.4. The minimum absolute atomic E-state index is 0.212. The third kappa shape index (κ3) is 5.53. The van der Waals surface area contributed by atoms with Gasteiger partial charge in [-0.1, -0.05) is 163 Å². The molecule has 0 aliphatic carbocycles. The van der Waals surface area contributed by atoms with Crippen LogP contribution in [-0.4, -0.2) is 13.7 Å². The number of hydrogen-bond donors (Lipinski definition) is 0. The number of hydrogen-bond acceptors (Lipinski definition) is 0. The molecule has 13 aromatic rings. The summed E-state index contributed by atoms with van der Waals surface area (Å²) in [6, 6.07) is 14.7. The van der Waals surface area contributed by atoms with Crippen molar-refractivity contribution in [2.45, 2.75) is 0 Å². The molecule has 0 saturated carbocycles. The summed E-state index contributed by atoms with van der Waals surface area (Å²) in [5.41, 5.74) is 0.670. The molecule has 0 atom stereocenters. The molecule has 3 nitrogen and oxygen atoms in total. The number of benzene rings is 10. The van der Waals surface area contributed by atoms with Crippen molar-refractivity contribution in [3.63, 3.8) is 0 Å². The van der Waals surface area contributed by atoms with Gasteiger partial charge in [-0.3, -0.25) is 0 Å². The van der Waals surface area contributed by atoms with Gasteiger partial charge in [0.1, 0.15) is 0 Å². The minimum atomic E-state index is -0.907. The lowest BCUT2D eigenvalue weighted by molar-refractivity contribution is 1.16. The molecule has 0 fully saturated rings. The van der Waals surface area contributed by atoms with Crippen LogP contribution in [-0.2, 0) is 0 Å². The van der Waals surface area contributed by atoms with Crippen LogP contribution in [0.1, 0.15) is 30.2 Å². The van der Waals surface area contributed by atoms with Crippen LogP contribution in [0.15, 0.2) is 236 Å². The molecule has 10 aromatic carbocycles. The molecule has 63 heavy (non-hydrogen) atoms. The maximum atomic E-state index is 10.4. The first-order chi connectivity index (χ1) is 40.4. The molecule has 0 bridgehead atoms. The molecule has 0 radical (unpaired) electrons. The summed E-state index contributed by atoms with van der Waals surface area (Å²) in [5, 5.41) is -2.48. The van der Waals surface area contributed by atoms with E-state index in [-0.39, 0.29) is 27.5 Å². The second-order valence-corrected chi connectivity index (χ2v) is 14.9. The second kappa shape index (κ2) is 14.1. The maximum absolute atomic E-state index is 10.4. The molecule has 0 amide bonds. The lowest BCUT2D eigenvalue weighted by Gasteiger charge is -2.15. The largest absolute Gasteiger partial charge is 0.309 e. The highest BCUT2D eigenvalue weighted by Gasteiger charge is 2.21. The Kier molecular flexibility index (Phi) is 4.47. The first kappa shape index (κ1) is 20.0. The highest BCUT2D eigenvalue weighted by atomic mass is 15.0. The summed E-state index contributed by atoms with van der Waals surface area (Å²) < 4.78 is 209. The number of para-hydroxylation sites is 4. The van der Waals surface area contributed by atoms with Gasteiger partial charge >= 0.3 is 0 Å². The molecule has 0 aliphatic rings. The van der Waals surface area contributed by atoms with Gasteiger partial charge in [0, 0.05) is 43.7 Å². The zero-order valence-corrected chi connectivity index (χ0v) is 32.7. The van der Waals surface area contributed by atoms with Crippen molar-refractivity contribution in [2.24, 2.45) is 0 Å². The molecular formula is C60H39N3. The van der Waals surface area contributed by atoms with Crippen molar-refractivity contribution in [3.05, 3.63) is 236 Å². The van der Waals surface area contributed by atoms with Crippen LogP contribution in [0.3, 0.4) is 0 Å². The summed E-state index contributed by atoms with van der Waals surface area (Å²) in [6.45, 7) is 0. The van der Waals surface area contributed by atoms with Gasteiger partial charge in [-0.25, -0.2) is 0 Å². The molecule has 13 rings (SSSR count). The van der Waals surface area contributed by atoms with Crippen molar-refractivity contribution >= 4 is 65.4 Å². The Morgan fingerprint density at radius 1 is 0.286 bits per heavy atom. The van der Waals surface area contributed by atoms with E-state index in [9.17, 15) is 16.4 Å². The second-order valence-electron chi connectivity index (χ2n) is 14.9. The van der Waals surface area contributed by atoms with E-state index in [0.29, 0.717) is 11.1 Å². The fraction of sp³-hybridized carbons (Fsp3) is 0. The van der Waals surface area contributed by atoms with Gasteiger partial charge in [-0.05, 0) is 106 Å². The highest BCUT2D eigenvalue weighted by molar-refractivity contribution is 6.17. The van der Waals surface area contributed by atoms with Crippen LogP contribution in [0.25, 0.3) is 116 Å². The summed E-state index contributed by atoms with van der Waals surface area (Å²) in [5.74, 6) is 0. The first-order valence-electron chi connectivity index (χ1n) is 30.9. The molecule has 3 aromatic heterocycles. The average molecular weight is 824 g/mol. The Bertz CT molecular complexity index is 5130. The molecule has 0 spiro atoms. The van der Waals surface area contributed by atoms with E-state index in [1.807, 2.05) is 91.0 Å². The van der Waals surface area contributed by atoms with Gasteiger partial charge < -0.3 is 13.7 Å². The van der Waals surface area contributed by atoms with E-state index in [2.05, 4.69) is 0 Å². The van der Waals surface area contributed by atoms with Gasteiger partial charge in [0.15, 0.2) is 0 Å². The zero-order valence-electron chi connectivity index (χ0n) is 54.7. The molecule has 0 saturated heterocycles. The van der Waals surface area contributed by atoms with Crippen LogP contribution in [0.4, 0.5) is 0 Å². The van der Waals surface area contributed by atoms with E-state index >= 15 is 0 Å². The normalized spacial score (nSPS) is 16.7. The topological polar surface area (TPSA) is 14.8 Å². The van der Waals surface area contributed by atoms with Gasteiger partial charge in [-0.2, -0.15) is 0 Å². The maximum Gasteiger partial charge on any atom is 0.0667 e. The lowest BCUT2D eigenvalue weighted by Crippen LogP contribution is -1.98. The monoisotopic (exact) mass is 823 g/mol. The standard InChI is InChI=1S/C60H39N3/c1-3-17-40(18-4-1)42-21-15-22-43(35-42)45-36-44(41-19-5-2-6-20-41)37-47(38-45)62-56-30-14-10-26-52(56)60-57(62)31-16-32-58(60)63-55-29-13-9-25-50(55)51-34-33-46(39-59(51)63)61-53-27-11-7-23-48(53)49-24-8-12-28-54(49)61/h1-39H/i7D,8D,9D,10D,11D,12D,13D,14D,16D,23D,24D,25D,26D,27D,28D,29D,30D,31D,32D,33D,34D,39D. The van der Waals surface area contributed by atoms with E-state index in [4.69, 9.17) is 13.7 Å². The first-order valence-corrected chi connectivity index (χ1v) is 19.9. The van der Waals surface area contributed by atoms with Crippen molar-refractivity contribution in [1.29, 1.82) is 0 Å². The molecule has 0 aliphatic heterocycles. The lowest BCUT2D eigenvalue weighted by atomic mass is 9.95. The Morgan fingerprint density at radius 2 is 0.730 bits per heavy atom. The highest BCUT2D eigenvalue weighted by Crippen LogP contribution is 2.42. The molecular weight excluding hydrogens is 763 g/mol. The molecule has 3 heteroatoms. The smallest absolute Gasteiger partial charge is 0.0667 e. The number of aromatic nitrogens is 3. The summed E-state index contributed by atoms with van der Waals surface area (Å²) >= 11 is 0. The van der Waals surface area contributed by atoms with Crippen LogP contribution < -0.4 is 0 Å². The average Bonchev–Trinajstić information content (AvgIpc) is 1.57. The van der Waals surface area contributed by atoms with E-state index in [1.54, 1.807) is 12.1 Å². The summed E-state index contributed by atoms with van der Waals surface area (Å²) in [4.78, 5) is 0. The van der Waals surface area contributed by atoms with E-state index in [0.717, 1.165) is 31.4 Å². The minimum Gasteiger partial charge on any atom is -0.309 e. The number of rotatable bonds is 6. The summed E-state index contributed by atoms with van der Waals surface area (Å²) in [7, 11) is 0. The van der Waals surface area contributed by atoms with Crippen LogP contribution in [0.2, 0.25) is 0 Å². The predicted molar refractivity (Wildman–Crippen MR) is 266 cm³/mol. The van der Waals surface area contributed by atoms with Gasteiger partial charge in [-0.15, -0.1) is 0 Å². The van der Waals surface area contributed by atoms with Gasteiger partial charge in [0.25, 0.3) is 0 Å². The van der Waals surface area contributed by atoms with Crippen molar-refractivity contribution in [1.82, 2.24) is 13.7 Å². The Balaban J connectivity index is 1.26. The van der Waals surface area contributed by atoms with E-state index < -0.39 is 188 Å².